The third-order valence-corrected chi connectivity index (χ3v) is 3.54. The van der Waals surface area contributed by atoms with Gasteiger partial charge in [-0.3, -0.25) is 10.2 Å². The molecular weight excluding hydrogens is 300 g/mol. The number of hydrogen-bond donors (Lipinski definition) is 5. The van der Waals surface area contributed by atoms with Crippen LogP contribution in [0.3, 0.4) is 0 Å². The number of halogens is 1. The number of aliphatic hydroxyl groups excluding tert-OH is 3. The van der Waals surface area contributed by atoms with Crippen LogP contribution in [0.2, 0.25) is 5.02 Å². The van der Waals surface area contributed by atoms with Crippen LogP contribution < -0.4 is 10.9 Å². The van der Waals surface area contributed by atoms with Crippen LogP contribution in [0.5, 0.6) is 0 Å². The van der Waals surface area contributed by atoms with E-state index in [0.717, 1.165) is 0 Å². The van der Waals surface area contributed by atoms with E-state index in [4.69, 9.17) is 16.3 Å². The van der Waals surface area contributed by atoms with Gasteiger partial charge in [0.2, 0.25) is 0 Å². The molecule has 1 fully saturated rings. The SMILES string of the molecule is C[C@@H]1O[C@H](NNC(=O)c2ccc(Cl)cc2)[C@H](O)[C@H](O)[C@H]1O. The molecule has 7 nitrogen and oxygen atoms in total. The molecule has 1 aliphatic rings. The quantitative estimate of drug-likeness (QED) is 0.476. The minimum atomic E-state index is -1.37. The van der Waals surface area contributed by atoms with E-state index in [9.17, 15) is 20.1 Å². The molecule has 8 heteroatoms. The molecule has 0 aromatic heterocycles. The van der Waals surface area contributed by atoms with Crippen LogP contribution in [-0.2, 0) is 4.74 Å². The van der Waals surface area contributed by atoms with E-state index in [-0.39, 0.29) is 0 Å². The van der Waals surface area contributed by atoms with E-state index in [1.165, 1.54) is 0 Å². The highest BCUT2D eigenvalue weighted by molar-refractivity contribution is 6.30. The van der Waals surface area contributed by atoms with E-state index in [2.05, 4.69) is 10.9 Å². The molecule has 21 heavy (non-hydrogen) atoms. The van der Waals surface area contributed by atoms with Gasteiger partial charge in [-0.25, -0.2) is 5.43 Å². The van der Waals surface area contributed by atoms with Gasteiger partial charge in [-0.05, 0) is 31.2 Å². The average molecular weight is 317 g/mol. The number of hydrogen-bond acceptors (Lipinski definition) is 6. The van der Waals surface area contributed by atoms with Gasteiger partial charge < -0.3 is 20.1 Å². The monoisotopic (exact) mass is 316 g/mol. The van der Waals surface area contributed by atoms with Gasteiger partial charge in [-0.15, -0.1) is 0 Å². The fourth-order valence-electron chi connectivity index (χ4n) is 1.98. The summed E-state index contributed by atoms with van der Waals surface area (Å²) in [4.78, 5) is 11.9. The van der Waals surface area contributed by atoms with Crippen molar-refractivity contribution in [3.63, 3.8) is 0 Å². The zero-order chi connectivity index (χ0) is 15.6. The Labute approximate surface area is 126 Å². The lowest BCUT2D eigenvalue weighted by atomic mass is 9.99. The van der Waals surface area contributed by atoms with E-state index < -0.39 is 36.6 Å². The van der Waals surface area contributed by atoms with E-state index in [1.807, 2.05) is 0 Å². The Morgan fingerprint density at radius 3 is 2.38 bits per heavy atom. The first-order valence-electron chi connectivity index (χ1n) is 6.41. The molecule has 1 aromatic rings. The van der Waals surface area contributed by atoms with Crippen molar-refractivity contribution in [2.75, 3.05) is 0 Å². The van der Waals surface area contributed by atoms with Crippen LogP contribution in [0.4, 0.5) is 0 Å². The van der Waals surface area contributed by atoms with Gasteiger partial charge in [0.15, 0.2) is 6.23 Å². The van der Waals surface area contributed by atoms with Gasteiger partial charge in [0.25, 0.3) is 5.91 Å². The van der Waals surface area contributed by atoms with Crippen LogP contribution in [-0.4, -0.2) is 51.9 Å². The maximum atomic E-state index is 11.9. The van der Waals surface area contributed by atoms with Gasteiger partial charge in [-0.2, -0.15) is 0 Å². The van der Waals surface area contributed by atoms with Crippen molar-refractivity contribution in [3.8, 4) is 0 Å². The lowest BCUT2D eigenvalue weighted by Crippen LogP contribution is -2.63. The fraction of sp³-hybridized carbons (Fsp3) is 0.462. The Bertz CT molecular complexity index is 498. The zero-order valence-corrected chi connectivity index (χ0v) is 12.0. The standard InChI is InChI=1S/C13H17ClN2O5/c1-6-9(17)10(18)11(19)13(21-6)16-15-12(20)7-2-4-8(14)5-3-7/h2-6,9-11,13,16-19H,1H3,(H,15,20)/t6-,9-,10+,11+,13-/m0/s1. The Morgan fingerprint density at radius 1 is 1.14 bits per heavy atom. The fourth-order valence-corrected chi connectivity index (χ4v) is 2.11. The van der Waals surface area contributed by atoms with Crippen LogP contribution in [0.1, 0.15) is 17.3 Å². The molecule has 5 N–H and O–H groups in total. The summed E-state index contributed by atoms with van der Waals surface area (Å²) in [7, 11) is 0. The van der Waals surface area contributed by atoms with E-state index >= 15 is 0 Å². The highest BCUT2D eigenvalue weighted by Crippen LogP contribution is 2.19. The van der Waals surface area contributed by atoms with Gasteiger partial charge >= 0.3 is 0 Å². The first kappa shape index (κ1) is 16.2. The number of carbonyl (C=O) groups is 1. The van der Waals surface area contributed by atoms with Gasteiger partial charge in [0.1, 0.15) is 18.3 Å². The number of carbonyl (C=O) groups excluding carboxylic acids is 1. The molecule has 0 saturated carbocycles. The summed E-state index contributed by atoms with van der Waals surface area (Å²) in [5.41, 5.74) is 5.22. The molecule has 1 aromatic carbocycles. The maximum Gasteiger partial charge on any atom is 0.265 e. The van der Waals surface area contributed by atoms with Crippen LogP contribution in [0.25, 0.3) is 0 Å². The van der Waals surface area contributed by atoms with Gasteiger partial charge in [0, 0.05) is 10.6 Å². The second-order valence-electron chi connectivity index (χ2n) is 4.84. The smallest absolute Gasteiger partial charge is 0.265 e. The first-order valence-corrected chi connectivity index (χ1v) is 6.79. The molecule has 0 aliphatic carbocycles. The first-order chi connectivity index (χ1) is 9.90. The Kier molecular flexibility index (Phi) is 5.15. The number of benzene rings is 1. The Balaban J connectivity index is 1.93. The summed E-state index contributed by atoms with van der Waals surface area (Å²) < 4.78 is 5.28. The summed E-state index contributed by atoms with van der Waals surface area (Å²) in [6, 6.07) is 6.23. The topological polar surface area (TPSA) is 111 Å². The second kappa shape index (κ2) is 6.69. The van der Waals surface area contributed by atoms with Crippen molar-refractivity contribution in [1.29, 1.82) is 0 Å². The van der Waals surface area contributed by atoms with Crippen molar-refractivity contribution in [3.05, 3.63) is 34.9 Å². The summed E-state index contributed by atoms with van der Waals surface area (Å²) >= 11 is 5.73. The van der Waals surface area contributed by atoms with Crippen molar-refractivity contribution in [2.45, 2.75) is 37.6 Å². The number of hydrazine groups is 1. The normalized spacial score (nSPS) is 32.7. The Morgan fingerprint density at radius 2 is 1.76 bits per heavy atom. The highest BCUT2D eigenvalue weighted by Gasteiger charge is 2.41. The van der Waals surface area contributed by atoms with Gasteiger partial charge in [0.05, 0.1) is 6.10 Å². The average Bonchev–Trinajstić information content (AvgIpc) is 2.48. The van der Waals surface area contributed by atoms with Crippen molar-refractivity contribution in [2.24, 2.45) is 0 Å². The minimum Gasteiger partial charge on any atom is -0.388 e. The number of nitrogens with one attached hydrogen (secondary N) is 2. The molecule has 1 saturated heterocycles. The number of ether oxygens (including phenoxy) is 1. The van der Waals surface area contributed by atoms with Crippen LogP contribution in [0, 0.1) is 0 Å². The molecular formula is C13H17ClN2O5. The Hall–Kier alpha value is -1.22. The summed E-state index contributed by atoms with van der Waals surface area (Å²) in [5.74, 6) is -0.448. The molecule has 116 valence electrons. The van der Waals surface area contributed by atoms with Crippen molar-refractivity contribution >= 4 is 17.5 Å². The molecule has 1 amide bonds. The van der Waals surface area contributed by atoms with Gasteiger partial charge in [-0.1, -0.05) is 11.6 Å². The van der Waals surface area contributed by atoms with Crippen molar-refractivity contribution < 1.29 is 24.9 Å². The molecule has 0 spiro atoms. The number of aliphatic hydroxyl groups is 3. The second-order valence-corrected chi connectivity index (χ2v) is 5.28. The minimum absolute atomic E-state index is 0.367. The molecule has 0 unspecified atom stereocenters. The lowest BCUT2D eigenvalue weighted by molar-refractivity contribution is -0.226. The van der Waals surface area contributed by atoms with E-state index in [0.29, 0.717) is 10.6 Å². The number of amides is 1. The van der Waals surface area contributed by atoms with Crippen LogP contribution in [0.15, 0.2) is 24.3 Å². The highest BCUT2D eigenvalue weighted by atomic mass is 35.5. The molecule has 1 aliphatic heterocycles. The summed E-state index contributed by atoms with van der Waals surface area (Å²) in [5, 5.41) is 29.5. The maximum absolute atomic E-state index is 11.9. The molecule has 0 bridgehead atoms. The largest absolute Gasteiger partial charge is 0.388 e. The molecule has 0 radical (unpaired) electrons. The predicted octanol–water partition coefficient (Wildman–Crippen LogP) is -0.598. The predicted molar refractivity (Wildman–Crippen MR) is 74.4 cm³/mol. The summed E-state index contributed by atoms with van der Waals surface area (Å²) in [6.45, 7) is 1.55. The third-order valence-electron chi connectivity index (χ3n) is 3.29. The molecule has 1 heterocycles. The molecule has 2 rings (SSSR count). The number of rotatable bonds is 3. The zero-order valence-electron chi connectivity index (χ0n) is 11.2. The molecule has 5 atom stereocenters. The van der Waals surface area contributed by atoms with E-state index in [1.54, 1.807) is 31.2 Å². The lowest BCUT2D eigenvalue weighted by Gasteiger charge is -2.39. The van der Waals surface area contributed by atoms with Crippen LogP contribution >= 0.6 is 11.6 Å². The summed E-state index contributed by atoms with van der Waals surface area (Å²) in [6.07, 6.45) is -5.64. The van der Waals surface area contributed by atoms with Crippen molar-refractivity contribution in [1.82, 2.24) is 10.9 Å². The third kappa shape index (κ3) is 3.70.